The van der Waals surface area contributed by atoms with Gasteiger partial charge in [0.05, 0.1) is 16.4 Å². The zero-order chi connectivity index (χ0) is 18.9. The van der Waals surface area contributed by atoms with Crippen LogP contribution >= 0.6 is 0 Å². The summed E-state index contributed by atoms with van der Waals surface area (Å²) in [5.74, 6) is -0.0102. The lowest BCUT2D eigenvalue weighted by atomic mass is 9.63. The minimum absolute atomic E-state index is 0.0102. The fourth-order valence-electron chi connectivity index (χ4n) is 3.35. The van der Waals surface area contributed by atoms with Crippen LogP contribution in [0.4, 0.5) is 0 Å². The molecule has 26 heavy (non-hydrogen) atoms. The van der Waals surface area contributed by atoms with Crippen molar-refractivity contribution in [3.63, 3.8) is 0 Å². The molecule has 1 aliphatic carbocycles. The maximum absolute atomic E-state index is 13.0. The standard InChI is InChI=1S/C20H24N2O3S/c1-14-5-6-16(13-21-14)15(2)22-19(23)20(11-4-12-20)17-7-9-18(10-8-17)26(3,24)25/h5-10,13,15H,4,11-12H2,1-3H3,(H,22,23)/t15-/m0/s1. The number of pyridine rings is 1. The lowest BCUT2D eigenvalue weighted by Gasteiger charge is -2.41. The summed E-state index contributed by atoms with van der Waals surface area (Å²) < 4.78 is 23.3. The number of carbonyl (C=O) groups is 1. The summed E-state index contributed by atoms with van der Waals surface area (Å²) in [5, 5.41) is 3.10. The van der Waals surface area contributed by atoms with E-state index in [-0.39, 0.29) is 16.8 Å². The Morgan fingerprint density at radius 1 is 1.15 bits per heavy atom. The van der Waals surface area contributed by atoms with Gasteiger partial charge in [-0.2, -0.15) is 0 Å². The van der Waals surface area contributed by atoms with Gasteiger partial charge in [0, 0.05) is 18.1 Å². The van der Waals surface area contributed by atoms with Crippen LogP contribution in [0.2, 0.25) is 0 Å². The van der Waals surface area contributed by atoms with E-state index >= 15 is 0 Å². The van der Waals surface area contributed by atoms with Crippen molar-refractivity contribution in [3.05, 3.63) is 59.4 Å². The number of nitrogens with one attached hydrogen (secondary N) is 1. The highest BCUT2D eigenvalue weighted by molar-refractivity contribution is 7.90. The van der Waals surface area contributed by atoms with Gasteiger partial charge < -0.3 is 5.32 Å². The number of aryl methyl sites for hydroxylation is 1. The molecule has 1 aromatic carbocycles. The molecule has 1 fully saturated rings. The summed E-state index contributed by atoms with van der Waals surface area (Å²) in [6.07, 6.45) is 5.51. The van der Waals surface area contributed by atoms with Crippen molar-refractivity contribution in [2.24, 2.45) is 0 Å². The third-order valence-corrected chi connectivity index (χ3v) is 6.39. The molecule has 0 bridgehead atoms. The van der Waals surface area contributed by atoms with Crippen LogP contribution in [-0.4, -0.2) is 25.6 Å². The number of aromatic nitrogens is 1. The normalized spacial score (nSPS) is 17.2. The highest BCUT2D eigenvalue weighted by Crippen LogP contribution is 2.44. The molecular formula is C20H24N2O3S. The molecule has 1 saturated carbocycles. The molecule has 0 radical (unpaired) electrons. The van der Waals surface area contributed by atoms with Crippen molar-refractivity contribution in [3.8, 4) is 0 Å². The molecule has 3 rings (SSSR count). The number of amides is 1. The zero-order valence-electron chi connectivity index (χ0n) is 15.3. The first kappa shape index (κ1) is 18.6. The smallest absolute Gasteiger partial charge is 0.231 e. The largest absolute Gasteiger partial charge is 0.349 e. The predicted molar refractivity (Wildman–Crippen MR) is 101 cm³/mol. The Bertz CT molecular complexity index is 899. The van der Waals surface area contributed by atoms with Crippen molar-refractivity contribution in [1.82, 2.24) is 10.3 Å². The van der Waals surface area contributed by atoms with E-state index in [9.17, 15) is 13.2 Å². The number of carbonyl (C=O) groups excluding carboxylic acids is 1. The SMILES string of the molecule is Cc1ccc([C@H](C)NC(=O)C2(c3ccc(S(C)(=O)=O)cc3)CCC2)cn1. The van der Waals surface area contributed by atoms with E-state index in [0.29, 0.717) is 0 Å². The molecule has 1 aliphatic rings. The molecule has 1 heterocycles. The van der Waals surface area contributed by atoms with E-state index in [2.05, 4.69) is 10.3 Å². The minimum Gasteiger partial charge on any atom is -0.349 e. The van der Waals surface area contributed by atoms with Crippen molar-refractivity contribution >= 4 is 15.7 Å². The van der Waals surface area contributed by atoms with Crippen molar-refractivity contribution in [2.45, 2.75) is 49.5 Å². The summed E-state index contributed by atoms with van der Waals surface area (Å²) in [6, 6.07) is 10.5. The lowest BCUT2D eigenvalue weighted by molar-refractivity contribution is -0.130. The van der Waals surface area contributed by atoms with Gasteiger partial charge in [-0.15, -0.1) is 0 Å². The molecule has 1 amide bonds. The Morgan fingerprint density at radius 2 is 1.81 bits per heavy atom. The summed E-state index contributed by atoms with van der Waals surface area (Å²) in [7, 11) is -3.24. The quantitative estimate of drug-likeness (QED) is 0.875. The third kappa shape index (κ3) is 3.51. The third-order valence-electron chi connectivity index (χ3n) is 5.26. The van der Waals surface area contributed by atoms with Gasteiger partial charge in [0.2, 0.25) is 5.91 Å². The molecule has 138 valence electrons. The molecule has 0 spiro atoms. The highest BCUT2D eigenvalue weighted by Gasteiger charge is 2.45. The average Bonchev–Trinajstić information content (AvgIpc) is 2.54. The van der Waals surface area contributed by atoms with Crippen molar-refractivity contribution in [2.75, 3.05) is 6.26 Å². The topological polar surface area (TPSA) is 76.1 Å². The van der Waals surface area contributed by atoms with Crippen LogP contribution in [0.3, 0.4) is 0 Å². The van der Waals surface area contributed by atoms with E-state index in [1.165, 1.54) is 6.26 Å². The molecule has 6 heteroatoms. The van der Waals surface area contributed by atoms with Gasteiger partial charge >= 0.3 is 0 Å². The Balaban J connectivity index is 1.80. The molecule has 2 aromatic rings. The molecule has 1 aromatic heterocycles. The molecule has 0 aliphatic heterocycles. The van der Waals surface area contributed by atoms with Crippen molar-refractivity contribution < 1.29 is 13.2 Å². The van der Waals surface area contributed by atoms with Gasteiger partial charge in [0.25, 0.3) is 0 Å². The number of nitrogens with zero attached hydrogens (tertiary/aromatic N) is 1. The maximum Gasteiger partial charge on any atom is 0.231 e. The molecular weight excluding hydrogens is 348 g/mol. The van der Waals surface area contributed by atoms with E-state index in [0.717, 1.165) is 36.1 Å². The molecule has 1 atom stereocenters. The molecule has 1 N–H and O–H groups in total. The second-order valence-electron chi connectivity index (χ2n) is 7.16. The lowest BCUT2D eigenvalue weighted by Crippen LogP contribution is -2.49. The predicted octanol–water partition coefficient (Wildman–Crippen LogP) is 3.09. The van der Waals surface area contributed by atoms with E-state index < -0.39 is 15.3 Å². The van der Waals surface area contributed by atoms with Crippen LogP contribution in [0.25, 0.3) is 0 Å². The van der Waals surface area contributed by atoms with Crippen LogP contribution in [0.15, 0.2) is 47.5 Å². The van der Waals surface area contributed by atoms with Gasteiger partial charge in [-0.25, -0.2) is 8.42 Å². The number of rotatable bonds is 5. The highest BCUT2D eigenvalue weighted by atomic mass is 32.2. The maximum atomic E-state index is 13.0. The second-order valence-corrected chi connectivity index (χ2v) is 9.18. The fourth-order valence-corrected chi connectivity index (χ4v) is 3.98. The Labute approximate surface area is 154 Å². The minimum atomic E-state index is -3.24. The van der Waals surface area contributed by atoms with Gasteiger partial charge in [0.1, 0.15) is 0 Å². The summed E-state index contributed by atoms with van der Waals surface area (Å²) in [6.45, 7) is 3.87. The summed E-state index contributed by atoms with van der Waals surface area (Å²) >= 11 is 0. The monoisotopic (exact) mass is 372 g/mol. The van der Waals surface area contributed by atoms with Gasteiger partial charge in [-0.1, -0.05) is 24.6 Å². The van der Waals surface area contributed by atoms with Crippen LogP contribution in [0.1, 0.15) is 49.0 Å². The average molecular weight is 372 g/mol. The number of hydrogen-bond donors (Lipinski definition) is 1. The molecule has 0 saturated heterocycles. The number of benzene rings is 1. The van der Waals surface area contributed by atoms with Gasteiger partial charge in [-0.05, 0) is 56.0 Å². The van der Waals surface area contributed by atoms with Gasteiger partial charge in [-0.3, -0.25) is 9.78 Å². The van der Waals surface area contributed by atoms with Crippen LogP contribution in [0.5, 0.6) is 0 Å². The van der Waals surface area contributed by atoms with Crippen LogP contribution in [-0.2, 0) is 20.0 Å². The van der Waals surface area contributed by atoms with E-state index in [1.54, 1.807) is 30.5 Å². The second kappa shape index (κ2) is 6.83. The molecule has 0 unspecified atom stereocenters. The first-order valence-electron chi connectivity index (χ1n) is 8.76. The van der Waals surface area contributed by atoms with Crippen LogP contribution in [0, 0.1) is 6.92 Å². The first-order valence-corrected chi connectivity index (χ1v) is 10.7. The zero-order valence-corrected chi connectivity index (χ0v) is 16.1. The summed E-state index contributed by atoms with van der Waals surface area (Å²) in [4.78, 5) is 17.6. The van der Waals surface area contributed by atoms with Crippen molar-refractivity contribution in [1.29, 1.82) is 0 Å². The Kier molecular flexibility index (Phi) is 4.88. The van der Waals surface area contributed by atoms with Gasteiger partial charge in [0.15, 0.2) is 9.84 Å². The summed E-state index contributed by atoms with van der Waals surface area (Å²) in [5.41, 5.74) is 2.21. The van der Waals surface area contributed by atoms with E-state index in [1.807, 2.05) is 26.0 Å². The Morgan fingerprint density at radius 3 is 2.27 bits per heavy atom. The Hall–Kier alpha value is -2.21. The fraction of sp³-hybridized carbons (Fsp3) is 0.400. The van der Waals surface area contributed by atoms with E-state index in [4.69, 9.17) is 0 Å². The first-order chi connectivity index (χ1) is 12.2. The van der Waals surface area contributed by atoms with Crippen LogP contribution < -0.4 is 5.32 Å². The molecule has 5 nitrogen and oxygen atoms in total. The number of sulfone groups is 1. The number of hydrogen-bond acceptors (Lipinski definition) is 4.